The number of hydrogen-bond acceptors (Lipinski definition) is 5. The van der Waals surface area contributed by atoms with Crippen molar-refractivity contribution < 1.29 is 4.79 Å². The highest BCUT2D eigenvalue weighted by molar-refractivity contribution is 7.08. The SMILES string of the molecule is O=C(N[C@H](c1ccc(Cl)cc1)c1ccsc1)c1cnns1. The van der Waals surface area contributed by atoms with E-state index in [0.29, 0.717) is 9.90 Å². The molecule has 0 spiro atoms. The van der Waals surface area contributed by atoms with Crippen molar-refractivity contribution in [2.45, 2.75) is 6.04 Å². The third kappa shape index (κ3) is 3.29. The van der Waals surface area contributed by atoms with Crippen molar-refractivity contribution in [3.05, 3.63) is 68.3 Å². The number of halogens is 1. The number of benzene rings is 1. The van der Waals surface area contributed by atoms with E-state index in [-0.39, 0.29) is 11.9 Å². The summed E-state index contributed by atoms with van der Waals surface area (Å²) in [7, 11) is 0. The van der Waals surface area contributed by atoms with Gasteiger partial charge in [0.1, 0.15) is 4.88 Å². The fourth-order valence-electron chi connectivity index (χ4n) is 1.92. The van der Waals surface area contributed by atoms with Crippen LogP contribution in [0.2, 0.25) is 5.02 Å². The van der Waals surface area contributed by atoms with Gasteiger partial charge in [0, 0.05) is 5.02 Å². The summed E-state index contributed by atoms with van der Waals surface area (Å²) in [6.07, 6.45) is 1.46. The Balaban J connectivity index is 1.90. The van der Waals surface area contributed by atoms with Crippen LogP contribution < -0.4 is 5.32 Å². The number of amides is 1. The van der Waals surface area contributed by atoms with Crippen LogP contribution in [0.15, 0.2) is 47.3 Å². The van der Waals surface area contributed by atoms with Crippen LogP contribution in [0.5, 0.6) is 0 Å². The highest BCUT2D eigenvalue weighted by atomic mass is 35.5. The van der Waals surface area contributed by atoms with Crippen LogP contribution in [-0.2, 0) is 0 Å². The molecule has 106 valence electrons. The lowest BCUT2D eigenvalue weighted by Crippen LogP contribution is -2.28. The van der Waals surface area contributed by atoms with Crippen LogP contribution in [0.25, 0.3) is 0 Å². The molecule has 2 heterocycles. The van der Waals surface area contributed by atoms with Gasteiger partial charge in [0.05, 0.1) is 12.2 Å². The summed E-state index contributed by atoms with van der Waals surface area (Å²) in [5, 5.41) is 11.4. The van der Waals surface area contributed by atoms with Crippen molar-refractivity contribution in [2.75, 3.05) is 0 Å². The summed E-state index contributed by atoms with van der Waals surface area (Å²) >= 11 is 8.60. The Kier molecular flexibility index (Phi) is 4.28. The first kappa shape index (κ1) is 14.2. The molecule has 1 amide bonds. The standard InChI is InChI=1S/C14H10ClN3OS2/c15-11-3-1-9(2-4-11)13(10-5-6-20-8-10)17-14(19)12-7-16-18-21-12/h1-8,13H,(H,17,19)/t13-/m1/s1. The smallest absolute Gasteiger partial charge is 0.265 e. The summed E-state index contributed by atoms with van der Waals surface area (Å²) in [6.45, 7) is 0. The number of carbonyl (C=O) groups is 1. The first-order chi connectivity index (χ1) is 10.2. The summed E-state index contributed by atoms with van der Waals surface area (Å²) < 4.78 is 3.71. The number of carbonyl (C=O) groups excluding carboxylic acids is 1. The van der Waals surface area contributed by atoms with Crippen LogP contribution in [0.4, 0.5) is 0 Å². The minimum Gasteiger partial charge on any atom is -0.340 e. The third-order valence-electron chi connectivity index (χ3n) is 2.94. The Hall–Kier alpha value is -1.76. The molecule has 0 aliphatic carbocycles. The minimum atomic E-state index is -0.219. The number of aromatic nitrogens is 2. The second kappa shape index (κ2) is 6.34. The number of hydrogen-bond donors (Lipinski definition) is 1. The monoisotopic (exact) mass is 335 g/mol. The molecule has 0 radical (unpaired) electrons. The van der Waals surface area contributed by atoms with E-state index in [1.807, 2.05) is 41.1 Å². The van der Waals surface area contributed by atoms with E-state index in [2.05, 4.69) is 14.9 Å². The Bertz CT molecular complexity index is 711. The van der Waals surface area contributed by atoms with Crippen molar-refractivity contribution in [1.29, 1.82) is 0 Å². The zero-order valence-corrected chi connectivity index (χ0v) is 13.1. The van der Waals surface area contributed by atoms with Gasteiger partial charge < -0.3 is 5.32 Å². The first-order valence-electron chi connectivity index (χ1n) is 6.10. The average molecular weight is 336 g/mol. The lowest BCUT2D eigenvalue weighted by molar-refractivity contribution is 0.0947. The molecule has 7 heteroatoms. The quantitative estimate of drug-likeness (QED) is 0.789. The van der Waals surface area contributed by atoms with Gasteiger partial charge in [-0.25, -0.2) is 0 Å². The highest BCUT2D eigenvalue weighted by Crippen LogP contribution is 2.26. The largest absolute Gasteiger partial charge is 0.340 e. The van der Waals surface area contributed by atoms with Crippen LogP contribution in [0, 0.1) is 0 Å². The summed E-state index contributed by atoms with van der Waals surface area (Å²) in [5.41, 5.74) is 2.01. The minimum absolute atomic E-state index is 0.184. The molecule has 1 aromatic carbocycles. The lowest BCUT2D eigenvalue weighted by Gasteiger charge is -2.18. The molecule has 0 saturated carbocycles. The number of nitrogens with one attached hydrogen (secondary N) is 1. The number of thiophene rings is 1. The van der Waals surface area contributed by atoms with Gasteiger partial charge in [-0.15, -0.1) is 5.10 Å². The summed E-state index contributed by atoms with van der Waals surface area (Å²) in [4.78, 5) is 12.7. The van der Waals surface area contributed by atoms with E-state index in [9.17, 15) is 4.79 Å². The average Bonchev–Trinajstić information content (AvgIpc) is 3.19. The van der Waals surface area contributed by atoms with Gasteiger partial charge in [-0.2, -0.15) is 11.3 Å². The van der Waals surface area contributed by atoms with E-state index in [1.165, 1.54) is 6.20 Å². The molecule has 21 heavy (non-hydrogen) atoms. The lowest BCUT2D eigenvalue weighted by atomic mass is 10.0. The van der Waals surface area contributed by atoms with Crippen LogP contribution in [0.3, 0.4) is 0 Å². The molecule has 0 aliphatic heterocycles. The molecule has 2 aromatic heterocycles. The first-order valence-corrected chi connectivity index (χ1v) is 8.19. The van der Waals surface area contributed by atoms with E-state index >= 15 is 0 Å². The molecule has 0 fully saturated rings. The Morgan fingerprint density at radius 3 is 2.62 bits per heavy atom. The molecule has 0 saturated heterocycles. The second-order valence-corrected chi connectivity index (χ2v) is 6.30. The van der Waals surface area contributed by atoms with Crippen LogP contribution in [-0.4, -0.2) is 15.5 Å². The van der Waals surface area contributed by atoms with Crippen molar-refractivity contribution in [3.63, 3.8) is 0 Å². The molecular formula is C14H10ClN3OS2. The molecule has 1 atom stereocenters. The van der Waals surface area contributed by atoms with Gasteiger partial charge in [-0.05, 0) is 51.6 Å². The van der Waals surface area contributed by atoms with Gasteiger partial charge in [-0.3, -0.25) is 4.79 Å². The predicted molar refractivity (Wildman–Crippen MR) is 85.0 cm³/mol. The number of rotatable bonds is 4. The molecular weight excluding hydrogens is 326 g/mol. The van der Waals surface area contributed by atoms with E-state index in [0.717, 1.165) is 22.7 Å². The Morgan fingerprint density at radius 2 is 2.00 bits per heavy atom. The van der Waals surface area contributed by atoms with Crippen LogP contribution >= 0.6 is 34.5 Å². The second-order valence-electron chi connectivity index (χ2n) is 4.30. The molecule has 4 nitrogen and oxygen atoms in total. The van der Waals surface area contributed by atoms with E-state index in [1.54, 1.807) is 11.3 Å². The summed E-state index contributed by atoms with van der Waals surface area (Å²) in [6, 6.07) is 9.23. The van der Waals surface area contributed by atoms with Gasteiger partial charge in [0.2, 0.25) is 0 Å². The predicted octanol–water partition coefficient (Wildman–Crippen LogP) is 3.77. The Labute approximate surface area is 134 Å². The van der Waals surface area contributed by atoms with Crippen molar-refractivity contribution >= 4 is 40.4 Å². The molecule has 0 bridgehead atoms. The van der Waals surface area contributed by atoms with Crippen molar-refractivity contribution in [1.82, 2.24) is 14.9 Å². The number of nitrogens with zero attached hydrogens (tertiary/aromatic N) is 2. The zero-order valence-electron chi connectivity index (χ0n) is 10.7. The summed E-state index contributed by atoms with van der Waals surface area (Å²) in [5.74, 6) is -0.184. The zero-order chi connectivity index (χ0) is 14.7. The van der Waals surface area contributed by atoms with Gasteiger partial charge in [-0.1, -0.05) is 28.2 Å². The molecule has 3 rings (SSSR count). The van der Waals surface area contributed by atoms with Gasteiger partial charge in [0.25, 0.3) is 5.91 Å². The van der Waals surface area contributed by atoms with Gasteiger partial charge >= 0.3 is 0 Å². The molecule has 1 N–H and O–H groups in total. The third-order valence-corrected chi connectivity index (χ3v) is 4.56. The van der Waals surface area contributed by atoms with E-state index in [4.69, 9.17) is 11.6 Å². The fraction of sp³-hybridized carbons (Fsp3) is 0.0714. The van der Waals surface area contributed by atoms with Crippen molar-refractivity contribution in [2.24, 2.45) is 0 Å². The van der Waals surface area contributed by atoms with Gasteiger partial charge in [0.15, 0.2) is 0 Å². The van der Waals surface area contributed by atoms with Crippen molar-refractivity contribution in [3.8, 4) is 0 Å². The van der Waals surface area contributed by atoms with E-state index < -0.39 is 0 Å². The fourth-order valence-corrected chi connectivity index (χ4v) is 3.15. The maximum atomic E-state index is 12.2. The molecule has 0 unspecified atom stereocenters. The molecule has 0 aliphatic rings. The Morgan fingerprint density at radius 1 is 1.19 bits per heavy atom. The highest BCUT2D eigenvalue weighted by Gasteiger charge is 2.19. The maximum Gasteiger partial charge on any atom is 0.265 e. The topological polar surface area (TPSA) is 54.9 Å². The molecule has 3 aromatic rings. The van der Waals surface area contributed by atoms with Crippen LogP contribution in [0.1, 0.15) is 26.8 Å². The maximum absolute atomic E-state index is 12.2. The normalized spacial score (nSPS) is 12.0.